The maximum Gasteiger partial charge on any atom is 0.323 e. The third-order valence-electron chi connectivity index (χ3n) is 3.72. The molecule has 0 spiro atoms. The molecule has 0 fully saturated rings. The maximum atomic E-state index is 12.3. The summed E-state index contributed by atoms with van der Waals surface area (Å²) in [5.41, 5.74) is 1.40. The Kier molecular flexibility index (Phi) is 7.52. The van der Waals surface area contributed by atoms with Crippen molar-refractivity contribution in [2.24, 2.45) is 5.92 Å². The zero-order chi connectivity index (χ0) is 20.7. The largest absolute Gasteiger partial charge is 0.494 e. The number of hydrogen-bond acceptors (Lipinski definition) is 4. The van der Waals surface area contributed by atoms with Gasteiger partial charge in [-0.1, -0.05) is 31.5 Å². The van der Waals surface area contributed by atoms with Crippen molar-refractivity contribution in [3.05, 3.63) is 41.4 Å². The zero-order valence-electron chi connectivity index (χ0n) is 16.3. The van der Waals surface area contributed by atoms with Crippen molar-refractivity contribution >= 4 is 40.6 Å². The van der Waals surface area contributed by atoms with Gasteiger partial charge in [-0.3, -0.25) is 4.79 Å². The van der Waals surface area contributed by atoms with Crippen molar-refractivity contribution in [2.45, 2.75) is 20.3 Å². The highest BCUT2D eigenvalue weighted by Crippen LogP contribution is 2.36. The van der Waals surface area contributed by atoms with Gasteiger partial charge in [0, 0.05) is 29.3 Å². The van der Waals surface area contributed by atoms with Crippen molar-refractivity contribution in [3.63, 3.8) is 0 Å². The van der Waals surface area contributed by atoms with Crippen LogP contribution in [-0.2, 0) is 4.79 Å². The van der Waals surface area contributed by atoms with Crippen LogP contribution in [0, 0.1) is 5.92 Å². The summed E-state index contributed by atoms with van der Waals surface area (Å²) in [5.74, 6) is 0.872. The van der Waals surface area contributed by atoms with E-state index in [2.05, 4.69) is 16.0 Å². The van der Waals surface area contributed by atoms with Crippen molar-refractivity contribution in [1.29, 1.82) is 0 Å². The molecule has 0 atom stereocenters. The van der Waals surface area contributed by atoms with Crippen molar-refractivity contribution in [3.8, 4) is 11.5 Å². The van der Waals surface area contributed by atoms with Crippen LogP contribution < -0.4 is 25.4 Å². The van der Waals surface area contributed by atoms with E-state index < -0.39 is 6.03 Å². The highest BCUT2D eigenvalue weighted by molar-refractivity contribution is 6.30. The Hall–Kier alpha value is -2.93. The summed E-state index contributed by atoms with van der Waals surface area (Å²) in [6, 6.07) is 9.51. The van der Waals surface area contributed by atoms with E-state index in [1.54, 1.807) is 36.4 Å². The van der Waals surface area contributed by atoms with Crippen LogP contribution in [0.25, 0.3) is 0 Å². The molecule has 150 valence electrons. The van der Waals surface area contributed by atoms with Gasteiger partial charge in [-0.05, 0) is 24.1 Å². The molecule has 0 bridgehead atoms. The first-order chi connectivity index (χ1) is 13.3. The Morgan fingerprint density at radius 2 is 1.57 bits per heavy atom. The lowest BCUT2D eigenvalue weighted by atomic mass is 10.1. The number of halogens is 1. The number of methoxy groups -OCH3 is 2. The molecule has 3 N–H and O–H groups in total. The van der Waals surface area contributed by atoms with E-state index in [1.807, 2.05) is 13.8 Å². The van der Waals surface area contributed by atoms with Crippen molar-refractivity contribution < 1.29 is 19.1 Å². The molecule has 0 saturated carbocycles. The second kappa shape index (κ2) is 9.85. The molecular weight excluding hydrogens is 382 g/mol. The minimum absolute atomic E-state index is 0.130. The summed E-state index contributed by atoms with van der Waals surface area (Å²) in [6.45, 7) is 3.92. The van der Waals surface area contributed by atoms with E-state index in [1.165, 1.54) is 14.2 Å². The first-order valence-electron chi connectivity index (χ1n) is 8.71. The lowest BCUT2D eigenvalue weighted by Gasteiger charge is -2.17. The molecule has 7 nitrogen and oxygen atoms in total. The SMILES string of the molecule is COc1cc(NC(=O)Nc2cccc(Cl)c2)c(OC)cc1NC(=O)CC(C)C. The number of anilines is 3. The number of hydrogen-bond donors (Lipinski definition) is 3. The molecule has 0 aliphatic carbocycles. The number of benzene rings is 2. The maximum absolute atomic E-state index is 12.3. The molecule has 0 aliphatic heterocycles. The van der Waals surface area contributed by atoms with E-state index in [0.29, 0.717) is 40.0 Å². The van der Waals surface area contributed by atoms with Gasteiger partial charge in [0.05, 0.1) is 25.6 Å². The zero-order valence-corrected chi connectivity index (χ0v) is 17.0. The van der Waals surface area contributed by atoms with Crippen LogP contribution in [0.15, 0.2) is 36.4 Å². The van der Waals surface area contributed by atoms with Gasteiger partial charge in [0.25, 0.3) is 0 Å². The van der Waals surface area contributed by atoms with Crippen LogP contribution >= 0.6 is 11.6 Å². The van der Waals surface area contributed by atoms with Crippen LogP contribution in [-0.4, -0.2) is 26.2 Å². The van der Waals surface area contributed by atoms with E-state index in [9.17, 15) is 9.59 Å². The van der Waals surface area contributed by atoms with E-state index in [4.69, 9.17) is 21.1 Å². The highest BCUT2D eigenvalue weighted by Gasteiger charge is 2.16. The van der Waals surface area contributed by atoms with E-state index in [-0.39, 0.29) is 11.8 Å². The summed E-state index contributed by atoms with van der Waals surface area (Å²) < 4.78 is 10.7. The van der Waals surface area contributed by atoms with Gasteiger partial charge in [0.15, 0.2) is 0 Å². The minimum Gasteiger partial charge on any atom is -0.494 e. The third-order valence-corrected chi connectivity index (χ3v) is 3.96. The molecule has 0 heterocycles. The third kappa shape index (κ3) is 6.06. The number of carbonyl (C=O) groups is 2. The monoisotopic (exact) mass is 405 g/mol. The average Bonchev–Trinajstić information content (AvgIpc) is 2.61. The Labute approximate surface area is 169 Å². The lowest BCUT2D eigenvalue weighted by Crippen LogP contribution is -2.20. The smallest absolute Gasteiger partial charge is 0.323 e. The summed E-state index contributed by atoms with van der Waals surface area (Å²) >= 11 is 5.92. The first-order valence-corrected chi connectivity index (χ1v) is 9.09. The topological polar surface area (TPSA) is 88.7 Å². The second-order valence-corrected chi connectivity index (χ2v) is 6.92. The van der Waals surface area contributed by atoms with Gasteiger partial charge in [-0.2, -0.15) is 0 Å². The second-order valence-electron chi connectivity index (χ2n) is 6.49. The molecule has 2 aromatic carbocycles. The number of nitrogens with one attached hydrogen (secondary N) is 3. The van der Waals surface area contributed by atoms with Gasteiger partial charge in [-0.15, -0.1) is 0 Å². The summed E-state index contributed by atoms with van der Waals surface area (Å²) in [4.78, 5) is 24.4. The molecular formula is C20H24ClN3O4. The number of carbonyl (C=O) groups excluding carboxylic acids is 2. The van der Waals surface area contributed by atoms with Gasteiger partial charge in [0.2, 0.25) is 5.91 Å². The summed E-state index contributed by atoms with van der Waals surface area (Å²) in [5, 5.41) is 8.71. The van der Waals surface area contributed by atoms with E-state index >= 15 is 0 Å². The highest BCUT2D eigenvalue weighted by atomic mass is 35.5. The lowest BCUT2D eigenvalue weighted by molar-refractivity contribution is -0.116. The molecule has 0 radical (unpaired) electrons. The van der Waals surface area contributed by atoms with Crippen LogP contribution in [0.5, 0.6) is 11.5 Å². The summed E-state index contributed by atoms with van der Waals surface area (Å²) in [6.07, 6.45) is 0.382. The number of amides is 3. The van der Waals surface area contributed by atoms with Crippen molar-refractivity contribution in [2.75, 3.05) is 30.2 Å². The average molecular weight is 406 g/mol. The van der Waals surface area contributed by atoms with Crippen LogP contribution in [0.2, 0.25) is 5.02 Å². The molecule has 0 saturated heterocycles. The van der Waals surface area contributed by atoms with Crippen LogP contribution in [0.1, 0.15) is 20.3 Å². The first kappa shape index (κ1) is 21.4. The molecule has 2 rings (SSSR count). The Bertz CT molecular complexity index is 855. The van der Waals surface area contributed by atoms with Crippen LogP contribution in [0.4, 0.5) is 21.9 Å². The molecule has 2 aromatic rings. The van der Waals surface area contributed by atoms with Gasteiger partial charge in [0.1, 0.15) is 11.5 Å². The predicted octanol–water partition coefficient (Wildman–Crippen LogP) is 4.99. The molecule has 3 amide bonds. The molecule has 8 heteroatoms. The Morgan fingerprint density at radius 3 is 2.11 bits per heavy atom. The quantitative estimate of drug-likeness (QED) is 0.605. The molecule has 0 aromatic heterocycles. The number of urea groups is 1. The number of ether oxygens (including phenoxy) is 2. The summed E-state index contributed by atoms with van der Waals surface area (Å²) in [7, 11) is 2.96. The van der Waals surface area contributed by atoms with Gasteiger partial charge < -0.3 is 25.4 Å². The van der Waals surface area contributed by atoms with Gasteiger partial charge in [-0.25, -0.2) is 4.79 Å². The fraction of sp³-hybridized carbons (Fsp3) is 0.300. The van der Waals surface area contributed by atoms with E-state index in [0.717, 1.165) is 0 Å². The Balaban J connectivity index is 2.19. The fourth-order valence-corrected chi connectivity index (χ4v) is 2.71. The normalized spacial score (nSPS) is 10.4. The minimum atomic E-state index is -0.473. The standard InChI is InChI=1S/C20H24ClN3O4/c1-12(2)8-19(25)23-15-10-18(28-4)16(11-17(15)27-3)24-20(26)22-14-7-5-6-13(21)9-14/h5-7,9-12H,8H2,1-4H3,(H,23,25)(H2,22,24,26). The molecule has 28 heavy (non-hydrogen) atoms. The number of rotatable bonds is 7. The van der Waals surface area contributed by atoms with Crippen molar-refractivity contribution in [1.82, 2.24) is 0 Å². The Morgan fingerprint density at radius 1 is 0.964 bits per heavy atom. The van der Waals surface area contributed by atoms with Gasteiger partial charge >= 0.3 is 6.03 Å². The fourth-order valence-electron chi connectivity index (χ4n) is 2.52. The predicted molar refractivity (Wildman–Crippen MR) is 112 cm³/mol. The van der Waals surface area contributed by atoms with Crippen LogP contribution in [0.3, 0.4) is 0 Å². The molecule has 0 aliphatic rings. The molecule has 0 unspecified atom stereocenters.